The first-order valence-corrected chi connectivity index (χ1v) is 6.82. The number of hydrogen-bond acceptors (Lipinski definition) is 2. The molecule has 0 aliphatic carbocycles. The predicted octanol–water partition coefficient (Wildman–Crippen LogP) is 3.15. The van der Waals surface area contributed by atoms with Gasteiger partial charge in [0.1, 0.15) is 0 Å². The molecular formula is C11H25NS. The van der Waals surface area contributed by atoms with Gasteiger partial charge in [-0.25, -0.2) is 0 Å². The van der Waals surface area contributed by atoms with Gasteiger partial charge in [-0.05, 0) is 38.0 Å². The first kappa shape index (κ1) is 13.3. The van der Waals surface area contributed by atoms with E-state index < -0.39 is 0 Å². The summed E-state index contributed by atoms with van der Waals surface area (Å²) in [6.45, 7) is 8.03. The van der Waals surface area contributed by atoms with Crippen LogP contribution in [-0.2, 0) is 0 Å². The zero-order chi connectivity index (χ0) is 10.1. The number of nitrogens with one attached hydrogen (secondary N) is 1. The third-order valence-corrected chi connectivity index (χ3v) is 2.99. The highest BCUT2D eigenvalue weighted by Crippen LogP contribution is 2.04. The molecule has 0 heterocycles. The summed E-state index contributed by atoms with van der Waals surface area (Å²) >= 11 is 1.94. The highest BCUT2D eigenvalue weighted by Gasteiger charge is 2.03. The van der Waals surface area contributed by atoms with E-state index in [-0.39, 0.29) is 0 Å². The minimum atomic E-state index is 0.724. The topological polar surface area (TPSA) is 12.0 Å². The molecular weight excluding hydrogens is 178 g/mol. The van der Waals surface area contributed by atoms with Gasteiger partial charge in [0.05, 0.1) is 0 Å². The minimum Gasteiger partial charge on any atom is -0.313 e. The van der Waals surface area contributed by atoms with Crippen LogP contribution in [0.15, 0.2) is 0 Å². The molecule has 0 fully saturated rings. The number of thioether (sulfide) groups is 1. The van der Waals surface area contributed by atoms with E-state index >= 15 is 0 Å². The van der Waals surface area contributed by atoms with Crippen molar-refractivity contribution in [2.45, 2.75) is 46.1 Å². The van der Waals surface area contributed by atoms with E-state index in [1.807, 2.05) is 11.8 Å². The van der Waals surface area contributed by atoms with Crippen molar-refractivity contribution in [3.05, 3.63) is 0 Å². The van der Waals surface area contributed by atoms with Crippen LogP contribution in [0.3, 0.4) is 0 Å². The fourth-order valence-electron chi connectivity index (χ4n) is 1.34. The lowest BCUT2D eigenvalue weighted by molar-refractivity contribution is 0.486. The summed E-state index contributed by atoms with van der Waals surface area (Å²) in [6.07, 6.45) is 6.10. The van der Waals surface area contributed by atoms with Crippen LogP contribution in [0.25, 0.3) is 0 Å². The summed E-state index contributed by atoms with van der Waals surface area (Å²) in [5, 5.41) is 3.60. The van der Waals surface area contributed by atoms with Crippen molar-refractivity contribution in [2.75, 3.05) is 18.6 Å². The van der Waals surface area contributed by atoms with Gasteiger partial charge >= 0.3 is 0 Å². The van der Waals surface area contributed by atoms with Crippen molar-refractivity contribution >= 4 is 11.8 Å². The molecule has 0 radical (unpaired) electrons. The molecule has 2 heteroatoms. The van der Waals surface area contributed by atoms with E-state index in [4.69, 9.17) is 0 Å². The van der Waals surface area contributed by atoms with Crippen LogP contribution in [-0.4, -0.2) is 24.6 Å². The molecule has 80 valence electrons. The standard InChI is InChI=1S/C11H25NS/c1-5-11(9-13-4)12-8-6-7-10(2)3/h10-12H,5-9H2,1-4H3. The average Bonchev–Trinajstić information content (AvgIpc) is 2.10. The SMILES string of the molecule is CCC(CSC)NCCCC(C)C. The highest BCUT2D eigenvalue weighted by molar-refractivity contribution is 7.98. The summed E-state index contributed by atoms with van der Waals surface area (Å²) in [4.78, 5) is 0. The van der Waals surface area contributed by atoms with Crippen LogP contribution in [0.2, 0.25) is 0 Å². The van der Waals surface area contributed by atoms with E-state index in [9.17, 15) is 0 Å². The lowest BCUT2D eigenvalue weighted by Crippen LogP contribution is -2.31. The van der Waals surface area contributed by atoms with Gasteiger partial charge in [-0.3, -0.25) is 0 Å². The van der Waals surface area contributed by atoms with Crippen LogP contribution >= 0.6 is 11.8 Å². The van der Waals surface area contributed by atoms with Gasteiger partial charge in [-0.15, -0.1) is 0 Å². The molecule has 0 aliphatic heterocycles. The fraction of sp³-hybridized carbons (Fsp3) is 1.00. The maximum atomic E-state index is 3.60. The summed E-state index contributed by atoms with van der Waals surface area (Å²) in [5.74, 6) is 2.10. The molecule has 1 atom stereocenters. The third kappa shape index (κ3) is 8.63. The van der Waals surface area contributed by atoms with Gasteiger partial charge in [-0.2, -0.15) is 11.8 Å². The van der Waals surface area contributed by atoms with Gasteiger partial charge in [0.2, 0.25) is 0 Å². The first-order chi connectivity index (χ1) is 6.20. The zero-order valence-corrected chi connectivity index (χ0v) is 10.4. The quantitative estimate of drug-likeness (QED) is 0.608. The van der Waals surface area contributed by atoms with Gasteiger partial charge in [0.25, 0.3) is 0 Å². The molecule has 0 bridgehead atoms. The monoisotopic (exact) mass is 203 g/mol. The molecule has 1 unspecified atom stereocenters. The summed E-state index contributed by atoms with van der Waals surface area (Å²) in [6, 6.07) is 0.724. The van der Waals surface area contributed by atoms with E-state index in [0.717, 1.165) is 12.0 Å². The van der Waals surface area contributed by atoms with E-state index in [2.05, 4.69) is 32.3 Å². The molecule has 0 aromatic rings. The second-order valence-corrected chi connectivity index (χ2v) is 4.96. The zero-order valence-electron chi connectivity index (χ0n) is 9.60. The Morgan fingerprint density at radius 1 is 1.31 bits per heavy atom. The van der Waals surface area contributed by atoms with Crippen molar-refractivity contribution in [3.63, 3.8) is 0 Å². The summed E-state index contributed by atoms with van der Waals surface area (Å²) in [7, 11) is 0. The van der Waals surface area contributed by atoms with Gasteiger partial charge in [0.15, 0.2) is 0 Å². The van der Waals surface area contributed by atoms with Crippen molar-refractivity contribution in [1.29, 1.82) is 0 Å². The molecule has 0 spiro atoms. The number of rotatable bonds is 8. The van der Waals surface area contributed by atoms with E-state index in [0.29, 0.717) is 0 Å². The molecule has 0 rings (SSSR count). The summed E-state index contributed by atoms with van der Waals surface area (Å²) in [5.41, 5.74) is 0. The van der Waals surface area contributed by atoms with Crippen LogP contribution < -0.4 is 5.32 Å². The normalized spacial score (nSPS) is 13.6. The average molecular weight is 203 g/mol. The summed E-state index contributed by atoms with van der Waals surface area (Å²) < 4.78 is 0. The smallest absolute Gasteiger partial charge is 0.0155 e. The molecule has 1 N–H and O–H groups in total. The molecule has 0 saturated heterocycles. The first-order valence-electron chi connectivity index (χ1n) is 5.43. The van der Waals surface area contributed by atoms with Crippen LogP contribution in [0.4, 0.5) is 0 Å². The van der Waals surface area contributed by atoms with E-state index in [1.54, 1.807) is 0 Å². The molecule has 0 aromatic carbocycles. The Bertz CT molecular complexity index is 104. The minimum absolute atomic E-state index is 0.724. The van der Waals surface area contributed by atoms with Crippen LogP contribution in [0, 0.1) is 5.92 Å². The second-order valence-electron chi connectivity index (χ2n) is 4.05. The van der Waals surface area contributed by atoms with E-state index in [1.165, 1.54) is 31.6 Å². The Balaban J connectivity index is 3.27. The lowest BCUT2D eigenvalue weighted by Gasteiger charge is -2.15. The van der Waals surface area contributed by atoms with Crippen LogP contribution in [0.1, 0.15) is 40.0 Å². The van der Waals surface area contributed by atoms with Crippen molar-refractivity contribution < 1.29 is 0 Å². The maximum Gasteiger partial charge on any atom is 0.0155 e. The lowest BCUT2D eigenvalue weighted by atomic mass is 10.1. The van der Waals surface area contributed by atoms with Crippen molar-refractivity contribution in [1.82, 2.24) is 5.32 Å². The maximum absolute atomic E-state index is 3.60. The number of hydrogen-bond donors (Lipinski definition) is 1. The van der Waals surface area contributed by atoms with Crippen molar-refractivity contribution in [3.8, 4) is 0 Å². The largest absolute Gasteiger partial charge is 0.313 e. The van der Waals surface area contributed by atoms with Gasteiger partial charge in [-0.1, -0.05) is 20.8 Å². The Hall–Kier alpha value is 0.310. The highest BCUT2D eigenvalue weighted by atomic mass is 32.2. The van der Waals surface area contributed by atoms with Crippen LogP contribution in [0.5, 0.6) is 0 Å². The predicted molar refractivity (Wildman–Crippen MR) is 64.5 cm³/mol. The molecule has 0 aromatic heterocycles. The third-order valence-electron chi connectivity index (χ3n) is 2.25. The molecule has 13 heavy (non-hydrogen) atoms. The molecule has 0 aliphatic rings. The van der Waals surface area contributed by atoms with Crippen molar-refractivity contribution in [2.24, 2.45) is 5.92 Å². The fourth-order valence-corrected chi connectivity index (χ4v) is 2.09. The molecule has 0 saturated carbocycles. The Kier molecular flexibility index (Phi) is 9.10. The molecule has 1 nitrogen and oxygen atoms in total. The second kappa shape index (κ2) is 8.89. The Morgan fingerprint density at radius 2 is 2.00 bits per heavy atom. The Labute approximate surface area is 88.1 Å². The van der Waals surface area contributed by atoms with Gasteiger partial charge < -0.3 is 5.32 Å². The molecule has 0 amide bonds. The van der Waals surface area contributed by atoms with Gasteiger partial charge in [0, 0.05) is 11.8 Å². The Morgan fingerprint density at radius 3 is 2.46 bits per heavy atom.